The molecule has 1 aromatic heterocycles. The Morgan fingerprint density at radius 3 is 2.10 bits per heavy atom. The zero-order valence-electron chi connectivity index (χ0n) is 22.2. The Hall–Kier alpha value is -4.95. The summed E-state index contributed by atoms with van der Waals surface area (Å²) in [6.45, 7) is 0. The van der Waals surface area contributed by atoms with Gasteiger partial charge >= 0.3 is 0 Å². The van der Waals surface area contributed by atoms with E-state index in [1.54, 1.807) is 0 Å². The summed E-state index contributed by atoms with van der Waals surface area (Å²) in [5.41, 5.74) is 9.98. The molecule has 0 amide bonds. The lowest BCUT2D eigenvalue weighted by atomic mass is 9.92. The lowest BCUT2D eigenvalue weighted by Crippen LogP contribution is -2.32. The highest BCUT2D eigenvalue weighted by atomic mass is 14.9. The zero-order chi connectivity index (χ0) is 26.3. The van der Waals surface area contributed by atoms with Crippen molar-refractivity contribution in [3.8, 4) is 22.4 Å². The molecule has 0 spiro atoms. The molecular formula is C37H29N2+. The number of pyridine rings is 2. The van der Waals surface area contributed by atoms with E-state index < -0.39 is 0 Å². The highest BCUT2D eigenvalue weighted by Crippen LogP contribution is 2.48. The molecule has 0 saturated heterocycles. The molecule has 0 unspecified atom stereocenters. The third kappa shape index (κ3) is 3.76. The Kier molecular flexibility index (Phi) is 5.60. The number of rotatable bonds is 4. The Balaban J connectivity index is 1.42. The molecular weight excluding hydrogens is 472 g/mol. The first-order valence-electron chi connectivity index (χ1n) is 13.4. The van der Waals surface area contributed by atoms with Crippen LogP contribution < -0.4 is 4.57 Å². The fourth-order valence-electron chi connectivity index (χ4n) is 6.07. The Morgan fingerprint density at radius 2 is 1.26 bits per heavy atom. The summed E-state index contributed by atoms with van der Waals surface area (Å²) in [6.07, 6.45) is 8.78. The van der Waals surface area contributed by atoms with Gasteiger partial charge in [0.25, 0.3) is 0 Å². The molecule has 4 aromatic carbocycles. The van der Waals surface area contributed by atoms with Crippen LogP contribution in [0.3, 0.4) is 0 Å². The number of para-hydroxylation sites is 2. The fraction of sp³-hybridized carbons (Fsp3) is 0.0541. The Labute approximate surface area is 228 Å². The number of aryl methyl sites for hydroxylation is 2. The van der Waals surface area contributed by atoms with Gasteiger partial charge in [-0.2, -0.15) is 4.57 Å². The average Bonchev–Trinajstić information content (AvgIpc) is 3.31. The highest BCUT2D eigenvalue weighted by molar-refractivity contribution is 6.18. The van der Waals surface area contributed by atoms with Gasteiger partial charge in [-0.3, -0.25) is 0 Å². The van der Waals surface area contributed by atoms with Crippen LogP contribution in [0.4, 0.5) is 0 Å². The molecule has 2 aliphatic rings. The summed E-state index contributed by atoms with van der Waals surface area (Å²) in [4.78, 5) is 0. The lowest BCUT2D eigenvalue weighted by Gasteiger charge is -2.20. The van der Waals surface area contributed by atoms with Crippen LogP contribution in [-0.2, 0) is 14.1 Å². The molecule has 0 saturated carbocycles. The first-order chi connectivity index (χ1) is 19.2. The monoisotopic (exact) mass is 501 g/mol. The topological polar surface area (TPSA) is 8.81 Å². The molecule has 1 aliphatic carbocycles. The number of aromatic nitrogens is 2. The number of allylic oxidation sites excluding steroid dienone is 2. The standard InChI is InChI=1S/C37H29N2/c1-38-28(25-24-26-14-6-12-22-33(26)38)17-7-8-20-31-29-18-9-10-19-30(29)36-35(27-15-4-3-5-16-27)32-21-11-13-23-34(32)39(2)37(31)36/h3-25H,1-2H3/q+1. The van der Waals surface area contributed by atoms with Crippen molar-refractivity contribution in [1.82, 2.24) is 4.57 Å². The number of fused-ring (bicyclic) bond motifs is 5. The summed E-state index contributed by atoms with van der Waals surface area (Å²) in [7, 11) is 4.32. The van der Waals surface area contributed by atoms with E-state index in [1.165, 1.54) is 66.2 Å². The molecule has 0 fully saturated rings. The van der Waals surface area contributed by atoms with E-state index in [2.05, 4.69) is 163 Å². The number of nitrogens with zero attached hydrogens (tertiary/aromatic N) is 2. The smallest absolute Gasteiger partial charge is 0.212 e. The summed E-state index contributed by atoms with van der Waals surface area (Å²) in [5, 5.41) is 5.08. The maximum atomic E-state index is 2.36. The van der Waals surface area contributed by atoms with Crippen LogP contribution in [0.2, 0.25) is 0 Å². The number of hydrogen-bond donors (Lipinski definition) is 0. The van der Waals surface area contributed by atoms with Crippen LogP contribution in [0.15, 0.2) is 127 Å². The van der Waals surface area contributed by atoms with Crippen molar-refractivity contribution in [2.24, 2.45) is 14.1 Å². The van der Waals surface area contributed by atoms with Crippen molar-refractivity contribution in [3.05, 3.63) is 139 Å². The van der Waals surface area contributed by atoms with Gasteiger partial charge < -0.3 is 4.57 Å². The molecule has 5 aromatic rings. The maximum absolute atomic E-state index is 2.36. The quantitative estimate of drug-likeness (QED) is 0.168. The third-order valence-electron chi connectivity index (χ3n) is 7.92. The largest absolute Gasteiger partial charge is 0.343 e. The van der Waals surface area contributed by atoms with E-state index in [-0.39, 0.29) is 0 Å². The van der Waals surface area contributed by atoms with E-state index in [0.29, 0.717) is 0 Å². The summed E-state index contributed by atoms with van der Waals surface area (Å²) in [5.74, 6) is 0. The van der Waals surface area contributed by atoms with Crippen LogP contribution in [0.1, 0.15) is 11.3 Å². The normalized spacial score (nSPS) is 12.2. The van der Waals surface area contributed by atoms with Gasteiger partial charge in [-0.15, -0.1) is 0 Å². The minimum absolute atomic E-state index is 1.17. The van der Waals surface area contributed by atoms with Crippen molar-refractivity contribution in [3.63, 3.8) is 0 Å². The van der Waals surface area contributed by atoms with Crippen LogP contribution in [0, 0.1) is 0 Å². The van der Waals surface area contributed by atoms with Crippen molar-refractivity contribution < 1.29 is 4.57 Å². The van der Waals surface area contributed by atoms with Gasteiger partial charge in [0, 0.05) is 58.2 Å². The second kappa shape index (κ2) is 9.41. The van der Waals surface area contributed by atoms with Gasteiger partial charge in [0.2, 0.25) is 11.2 Å². The van der Waals surface area contributed by atoms with Crippen LogP contribution in [-0.4, -0.2) is 4.57 Å². The molecule has 2 nitrogen and oxygen atoms in total. The van der Waals surface area contributed by atoms with Crippen molar-refractivity contribution in [2.45, 2.75) is 0 Å². The van der Waals surface area contributed by atoms with E-state index in [0.717, 1.165) is 0 Å². The van der Waals surface area contributed by atoms with Gasteiger partial charge in [0.15, 0.2) is 0 Å². The molecule has 0 radical (unpaired) electrons. The maximum Gasteiger partial charge on any atom is 0.212 e. The highest BCUT2D eigenvalue weighted by Gasteiger charge is 2.25. The lowest BCUT2D eigenvalue weighted by molar-refractivity contribution is -0.646. The molecule has 1 aliphatic heterocycles. The second-order valence-electron chi connectivity index (χ2n) is 10.1. The summed E-state index contributed by atoms with van der Waals surface area (Å²) < 4.78 is 4.61. The first kappa shape index (κ1) is 23.2. The van der Waals surface area contributed by atoms with E-state index in [4.69, 9.17) is 0 Å². The molecule has 186 valence electrons. The van der Waals surface area contributed by atoms with Gasteiger partial charge in [-0.1, -0.05) is 103 Å². The molecule has 2 heterocycles. The Bertz CT molecular complexity index is 2020. The minimum Gasteiger partial charge on any atom is -0.343 e. The molecule has 0 N–H and O–H groups in total. The molecule has 39 heavy (non-hydrogen) atoms. The minimum atomic E-state index is 1.17. The summed E-state index contributed by atoms with van der Waals surface area (Å²) >= 11 is 0. The number of benzene rings is 4. The summed E-state index contributed by atoms with van der Waals surface area (Å²) in [6, 6.07) is 41.2. The second-order valence-corrected chi connectivity index (χ2v) is 10.1. The average molecular weight is 502 g/mol. The van der Waals surface area contributed by atoms with Gasteiger partial charge in [0.05, 0.1) is 5.69 Å². The van der Waals surface area contributed by atoms with Crippen molar-refractivity contribution >= 4 is 44.7 Å². The molecule has 0 bridgehead atoms. The predicted molar refractivity (Wildman–Crippen MR) is 166 cm³/mol. The predicted octanol–water partition coefficient (Wildman–Crippen LogP) is 8.81. The van der Waals surface area contributed by atoms with E-state index >= 15 is 0 Å². The van der Waals surface area contributed by atoms with Gasteiger partial charge in [-0.25, -0.2) is 0 Å². The SMILES string of the molecule is Cn1c2c(/C=C/C=C/c3ccc4ccccc4[n+]3C)c3ccccc3c-2c(-c2ccccc2)c2ccccc21. The van der Waals surface area contributed by atoms with E-state index in [1.807, 2.05) is 0 Å². The molecule has 0 atom stereocenters. The zero-order valence-corrected chi connectivity index (χ0v) is 22.2. The Morgan fingerprint density at radius 1 is 0.590 bits per heavy atom. The molecule has 7 rings (SSSR count). The van der Waals surface area contributed by atoms with E-state index in [9.17, 15) is 0 Å². The third-order valence-corrected chi connectivity index (χ3v) is 7.92. The van der Waals surface area contributed by atoms with Crippen molar-refractivity contribution in [1.29, 1.82) is 0 Å². The van der Waals surface area contributed by atoms with Gasteiger partial charge in [-0.05, 0) is 34.5 Å². The fourth-order valence-corrected chi connectivity index (χ4v) is 6.07. The van der Waals surface area contributed by atoms with Gasteiger partial charge in [0.1, 0.15) is 7.05 Å². The molecule has 2 heteroatoms. The van der Waals surface area contributed by atoms with Crippen molar-refractivity contribution in [2.75, 3.05) is 0 Å². The van der Waals surface area contributed by atoms with Crippen LogP contribution >= 0.6 is 0 Å². The van der Waals surface area contributed by atoms with Crippen LogP contribution in [0.25, 0.3) is 67.1 Å². The number of hydrogen-bond acceptors (Lipinski definition) is 0. The van der Waals surface area contributed by atoms with Crippen LogP contribution in [0.5, 0.6) is 0 Å². The first-order valence-corrected chi connectivity index (χ1v) is 13.4.